The van der Waals surface area contributed by atoms with E-state index in [9.17, 15) is 0 Å². The Hall–Kier alpha value is -1.88. The van der Waals surface area contributed by atoms with E-state index in [0.29, 0.717) is 11.6 Å². The highest BCUT2D eigenvalue weighted by atomic mass is 16.5. The van der Waals surface area contributed by atoms with Gasteiger partial charge in [-0.3, -0.25) is 10.1 Å². The maximum atomic E-state index is 5.54. The third-order valence-electron chi connectivity index (χ3n) is 2.54. The Labute approximate surface area is 100 Å². The maximum Gasteiger partial charge on any atom is 0.238 e. The Balaban J connectivity index is 2.08. The van der Waals surface area contributed by atoms with Crippen molar-refractivity contribution in [2.75, 3.05) is 7.05 Å². The second kappa shape index (κ2) is 4.97. The number of pyridine rings is 1. The molecule has 0 bridgehead atoms. The Morgan fingerprint density at radius 2 is 2.24 bits per heavy atom. The molecular formula is C12H16N4O. The van der Waals surface area contributed by atoms with E-state index >= 15 is 0 Å². The van der Waals surface area contributed by atoms with Crippen LogP contribution in [-0.2, 0) is 0 Å². The van der Waals surface area contributed by atoms with Crippen LogP contribution in [0.4, 0.5) is 0 Å². The Morgan fingerprint density at radius 1 is 1.41 bits per heavy atom. The van der Waals surface area contributed by atoms with E-state index in [1.54, 1.807) is 6.20 Å². The van der Waals surface area contributed by atoms with Crippen LogP contribution in [0.3, 0.4) is 0 Å². The van der Waals surface area contributed by atoms with Crippen molar-refractivity contribution in [2.45, 2.75) is 19.9 Å². The van der Waals surface area contributed by atoms with Crippen molar-refractivity contribution in [3.8, 4) is 11.6 Å². The normalized spacial score (nSPS) is 12.4. The summed E-state index contributed by atoms with van der Waals surface area (Å²) in [6, 6.07) is 5.90. The lowest BCUT2D eigenvalue weighted by atomic mass is 10.2. The summed E-state index contributed by atoms with van der Waals surface area (Å²) < 4.78 is 5.54. The monoisotopic (exact) mass is 232 g/mol. The predicted molar refractivity (Wildman–Crippen MR) is 65.1 cm³/mol. The molecule has 0 aromatic carbocycles. The average molecular weight is 232 g/mol. The minimum atomic E-state index is 0.233. The molecule has 0 aliphatic rings. The van der Waals surface area contributed by atoms with Crippen LogP contribution >= 0.6 is 0 Å². The predicted octanol–water partition coefficient (Wildman–Crippen LogP) is 2.19. The van der Waals surface area contributed by atoms with Crippen molar-refractivity contribution in [2.24, 2.45) is 0 Å². The highest BCUT2D eigenvalue weighted by Crippen LogP contribution is 2.20. The lowest BCUT2D eigenvalue weighted by Crippen LogP contribution is -2.13. The number of hydrogen-bond acceptors (Lipinski definition) is 4. The molecule has 90 valence electrons. The van der Waals surface area contributed by atoms with Gasteiger partial charge >= 0.3 is 0 Å². The number of hydrogen-bond donors (Lipinski definition) is 2. The number of H-pyrrole nitrogens is 1. The SMILES string of the molecule is CNC(C)c1ccc(Oc2cc(C)[nH]n2)cn1. The average Bonchev–Trinajstić information content (AvgIpc) is 2.75. The molecule has 0 spiro atoms. The van der Waals surface area contributed by atoms with Crippen LogP contribution in [0.2, 0.25) is 0 Å². The third-order valence-corrected chi connectivity index (χ3v) is 2.54. The van der Waals surface area contributed by atoms with E-state index < -0.39 is 0 Å². The molecule has 0 fully saturated rings. The van der Waals surface area contributed by atoms with Crippen molar-refractivity contribution in [3.63, 3.8) is 0 Å². The second-order valence-electron chi connectivity index (χ2n) is 3.92. The first-order valence-electron chi connectivity index (χ1n) is 5.52. The quantitative estimate of drug-likeness (QED) is 0.848. The van der Waals surface area contributed by atoms with Crippen LogP contribution in [0.15, 0.2) is 24.4 Å². The lowest BCUT2D eigenvalue weighted by molar-refractivity contribution is 0.458. The van der Waals surface area contributed by atoms with Gasteiger partial charge in [-0.2, -0.15) is 0 Å². The van der Waals surface area contributed by atoms with Crippen molar-refractivity contribution in [1.82, 2.24) is 20.5 Å². The van der Waals surface area contributed by atoms with E-state index in [2.05, 4.69) is 27.4 Å². The number of nitrogens with zero attached hydrogens (tertiary/aromatic N) is 2. The third kappa shape index (κ3) is 2.82. The molecule has 1 unspecified atom stereocenters. The van der Waals surface area contributed by atoms with Gasteiger partial charge in [-0.1, -0.05) is 0 Å². The molecule has 0 radical (unpaired) electrons. The van der Waals surface area contributed by atoms with Crippen LogP contribution in [0.5, 0.6) is 11.6 Å². The van der Waals surface area contributed by atoms with Gasteiger partial charge in [-0.25, -0.2) is 0 Å². The van der Waals surface area contributed by atoms with Crippen molar-refractivity contribution < 1.29 is 4.74 Å². The molecule has 0 saturated heterocycles. The largest absolute Gasteiger partial charge is 0.436 e. The molecule has 2 N–H and O–H groups in total. The van der Waals surface area contributed by atoms with Gasteiger partial charge < -0.3 is 10.1 Å². The summed E-state index contributed by atoms with van der Waals surface area (Å²) in [4.78, 5) is 4.33. The summed E-state index contributed by atoms with van der Waals surface area (Å²) in [5, 5.41) is 9.95. The highest BCUT2D eigenvalue weighted by Gasteiger charge is 2.05. The fourth-order valence-electron chi connectivity index (χ4n) is 1.42. The van der Waals surface area contributed by atoms with Crippen LogP contribution in [0.25, 0.3) is 0 Å². The number of ether oxygens (including phenoxy) is 1. The van der Waals surface area contributed by atoms with Crippen molar-refractivity contribution in [3.05, 3.63) is 35.8 Å². The van der Waals surface area contributed by atoms with Crippen LogP contribution < -0.4 is 10.1 Å². The zero-order valence-corrected chi connectivity index (χ0v) is 10.2. The van der Waals surface area contributed by atoms with Crippen LogP contribution in [0.1, 0.15) is 24.4 Å². The fourth-order valence-corrected chi connectivity index (χ4v) is 1.42. The van der Waals surface area contributed by atoms with Gasteiger partial charge in [0.1, 0.15) is 5.75 Å². The molecular weight excluding hydrogens is 216 g/mol. The zero-order valence-electron chi connectivity index (χ0n) is 10.2. The number of aromatic nitrogens is 3. The number of rotatable bonds is 4. The second-order valence-corrected chi connectivity index (χ2v) is 3.92. The fraction of sp³-hybridized carbons (Fsp3) is 0.333. The van der Waals surface area contributed by atoms with Gasteiger partial charge in [0.25, 0.3) is 0 Å². The number of aryl methyl sites for hydroxylation is 1. The summed E-state index contributed by atoms with van der Waals surface area (Å²) >= 11 is 0. The maximum absolute atomic E-state index is 5.54. The summed E-state index contributed by atoms with van der Waals surface area (Å²) in [6.45, 7) is 3.98. The molecule has 5 nitrogen and oxygen atoms in total. The van der Waals surface area contributed by atoms with E-state index in [4.69, 9.17) is 4.74 Å². The van der Waals surface area contributed by atoms with Crippen molar-refractivity contribution >= 4 is 0 Å². The molecule has 0 saturated carbocycles. The van der Waals surface area contributed by atoms with E-state index in [-0.39, 0.29) is 6.04 Å². The zero-order chi connectivity index (χ0) is 12.3. The molecule has 1 atom stereocenters. The molecule has 2 aromatic rings. The van der Waals surface area contributed by atoms with Gasteiger partial charge in [-0.05, 0) is 33.0 Å². The van der Waals surface area contributed by atoms with Crippen LogP contribution in [0, 0.1) is 6.92 Å². The summed E-state index contributed by atoms with van der Waals surface area (Å²) in [7, 11) is 1.91. The molecule has 5 heteroatoms. The summed E-state index contributed by atoms with van der Waals surface area (Å²) in [5.74, 6) is 1.24. The topological polar surface area (TPSA) is 62.8 Å². The first kappa shape index (κ1) is 11.6. The Morgan fingerprint density at radius 3 is 2.76 bits per heavy atom. The smallest absolute Gasteiger partial charge is 0.238 e. The molecule has 0 amide bonds. The van der Waals surface area contributed by atoms with Gasteiger partial charge in [0.2, 0.25) is 5.88 Å². The molecule has 2 aromatic heterocycles. The van der Waals surface area contributed by atoms with Gasteiger partial charge in [0.15, 0.2) is 0 Å². The Bertz CT molecular complexity index is 478. The van der Waals surface area contributed by atoms with E-state index in [1.807, 2.05) is 32.2 Å². The summed E-state index contributed by atoms with van der Waals surface area (Å²) in [6.07, 6.45) is 1.70. The lowest BCUT2D eigenvalue weighted by Gasteiger charge is -2.09. The molecule has 2 rings (SSSR count). The van der Waals surface area contributed by atoms with E-state index in [0.717, 1.165) is 11.4 Å². The minimum Gasteiger partial charge on any atom is -0.436 e. The Kier molecular flexibility index (Phi) is 3.39. The van der Waals surface area contributed by atoms with Crippen molar-refractivity contribution in [1.29, 1.82) is 0 Å². The van der Waals surface area contributed by atoms with Crippen LogP contribution in [-0.4, -0.2) is 22.2 Å². The van der Waals surface area contributed by atoms with Gasteiger partial charge in [0, 0.05) is 17.8 Å². The first-order valence-corrected chi connectivity index (χ1v) is 5.52. The standard InChI is InChI=1S/C12H16N4O/c1-8-6-12(16-15-8)17-10-4-5-11(14-7-10)9(2)13-3/h4-7,9,13H,1-3H3,(H,15,16). The van der Waals surface area contributed by atoms with E-state index in [1.165, 1.54) is 0 Å². The molecule has 17 heavy (non-hydrogen) atoms. The van der Waals surface area contributed by atoms with Gasteiger partial charge in [0.05, 0.1) is 11.9 Å². The molecule has 0 aliphatic heterocycles. The molecule has 0 aliphatic carbocycles. The molecule has 2 heterocycles. The number of aromatic amines is 1. The number of nitrogens with one attached hydrogen (secondary N) is 2. The first-order chi connectivity index (χ1) is 8.19. The summed E-state index contributed by atoms with van der Waals surface area (Å²) in [5.41, 5.74) is 1.95. The van der Waals surface area contributed by atoms with Gasteiger partial charge in [-0.15, -0.1) is 5.10 Å². The highest BCUT2D eigenvalue weighted by molar-refractivity contribution is 5.26. The minimum absolute atomic E-state index is 0.233.